The Kier molecular flexibility index (Phi) is 16.7. The van der Waals surface area contributed by atoms with Crippen molar-refractivity contribution < 1.29 is 27.8 Å². The van der Waals surface area contributed by atoms with E-state index >= 15 is 0 Å². The fourth-order valence-electron chi connectivity index (χ4n) is 4.76. The molecule has 1 atom stereocenters. The van der Waals surface area contributed by atoms with Gasteiger partial charge in [-0.15, -0.1) is 11.8 Å². The number of aliphatic hydroxyl groups excluding tert-OH is 1. The van der Waals surface area contributed by atoms with Gasteiger partial charge in [-0.2, -0.15) is 13.2 Å². The van der Waals surface area contributed by atoms with Gasteiger partial charge in [-0.3, -0.25) is 0 Å². The molecule has 1 aliphatic rings. The minimum absolute atomic E-state index is 0.307. The number of benzene rings is 2. The van der Waals surface area contributed by atoms with Crippen molar-refractivity contribution in [3.05, 3.63) is 53.1 Å². The zero-order chi connectivity index (χ0) is 33.4. The van der Waals surface area contributed by atoms with Crippen LogP contribution in [0.15, 0.2) is 46.9 Å². The monoisotopic (exact) mass is 649 g/mol. The number of hydrogen-bond donors (Lipinski definition) is 3. The molecule has 2 aromatic rings. The second-order valence-corrected chi connectivity index (χ2v) is 12.2. The fourth-order valence-corrected chi connectivity index (χ4v) is 5.20. The number of anilines is 2. The summed E-state index contributed by atoms with van der Waals surface area (Å²) in [7, 11) is 3.32. The third-order valence-corrected chi connectivity index (χ3v) is 8.15. The van der Waals surface area contributed by atoms with Crippen LogP contribution in [0, 0.1) is 24.7 Å². The molecule has 45 heavy (non-hydrogen) atoms. The summed E-state index contributed by atoms with van der Waals surface area (Å²) in [6, 6.07) is 13.0. The quantitative estimate of drug-likeness (QED) is 0.161. The van der Waals surface area contributed by atoms with Crippen molar-refractivity contribution in [3.63, 3.8) is 0 Å². The summed E-state index contributed by atoms with van der Waals surface area (Å²) < 4.78 is 42.9. The number of aliphatic hydroxyl groups is 1. The summed E-state index contributed by atoms with van der Waals surface area (Å²) in [6.07, 6.45) is 1.29. The van der Waals surface area contributed by atoms with Crippen LogP contribution in [0.3, 0.4) is 0 Å². The number of hydrogen-bond acceptors (Lipinski definition) is 7. The lowest BCUT2D eigenvalue weighted by molar-refractivity contribution is -0.130. The number of β-amino-alcohol motifs (C(OH)–C–C–N with tert-alkyl or cyclic N) is 1. The molecule has 0 spiro atoms. The number of rotatable bonds is 12. The van der Waals surface area contributed by atoms with Gasteiger partial charge in [0.1, 0.15) is 5.75 Å². The van der Waals surface area contributed by atoms with Crippen LogP contribution in [0.4, 0.5) is 24.5 Å². The molecule has 1 aliphatic heterocycles. The summed E-state index contributed by atoms with van der Waals surface area (Å²) >= 11 is 1.71. The highest BCUT2D eigenvalue weighted by Gasteiger charge is 2.23. The molecule has 0 bridgehead atoms. The molecule has 3 rings (SSSR count). The van der Waals surface area contributed by atoms with E-state index in [9.17, 15) is 18.3 Å². The van der Waals surface area contributed by atoms with E-state index in [1.165, 1.54) is 16.0 Å². The minimum Gasteiger partial charge on any atom is -0.495 e. The van der Waals surface area contributed by atoms with Crippen molar-refractivity contribution in [1.82, 2.24) is 4.90 Å². The maximum atomic E-state index is 10.8. The van der Waals surface area contributed by atoms with Crippen LogP contribution in [0.2, 0.25) is 0 Å². The molecule has 0 aromatic heterocycles. The summed E-state index contributed by atoms with van der Waals surface area (Å²) in [5.74, 6) is 7.89. The second kappa shape index (κ2) is 19.6. The first-order valence-electron chi connectivity index (χ1n) is 15.4. The van der Waals surface area contributed by atoms with Gasteiger partial charge in [0, 0.05) is 60.9 Å². The number of alkyl halides is 3. The van der Waals surface area contributed by atoms with E-state index < -0.39 is 18.7 Å². The van der Waals surface area contributed by atoms with Gasteiger partial charge < -0.3 is 30.1 Å². The number of nitrogens with zero attached hydrogens (tertiary/aromatic N) is 1. The van der Waals surface area contributed by atoms with E-state index in [1.54, 1.807) is 26.0 Å². The molecule has 3 N–H and O–H groups in total. The lowest BCUT2D eigenvalue weighted by Crippen LogP contribution is -2.43. The Balaban J connectivity index is 0.00000107. The predicted molar refractivity (Wildman–Crippen MR) is 182 cm³/mol. The van der Waals surface area contributed by atoms with Crippen molar-refractivity contribution in [1.29, 1.82) is 0 Å². The summed E-state index contributed by atoms with van der Waals surface area (Å²) in [6.45, 7) is 11.2. The Morgan fingerprint density at radius 1 is 1.16 bits per heavy atom. The van der Waals surface area contributed by atoms with E-state index in [2.05, 4.69) is 90.8 Å². The van der Waals surface area contributed by atoms with Crippen LogP contribution in [-0.2, 0) is 4.74 Å². The number of likely N-dealkylation sites (tertiary alicyclic amines) is 1. The van der Waals surface area contributed by atoms with E-state index in [-0.39, 0.29) is 0 Å². The molecular formula is C35H50F3N3O3S. The Morgan fingerprint density at radius 3 is 2.42 bits per heavy atom. The van der Waals surface area contributed by atoms with E-state index in [1.807, 2.05) is 6.07 Å². The van der Waals surface area contributed by atoms with Gasteiger partial charge in [0.25, 0.3) is 0 Å². The zero-order valence-corrected chi connectivity index (χ0v) is 28.5. The van der Waals surface area contributed by atoms with Crippen LogP contribution in [0.1, 0.15) is 51.2 Å². The first-order chi connectivity index (χ1) is 21.4. The third-order valence-electron chi connectivity index (χ3n) is 7.43. The molecule has 10 heteroatoms. The Labute approximate surface area is 272 Å². The van der Waals surface area contributed by atoms with Gasteiger partial charge in [0.2, 0.25) is 0 Å². The van der Waals surface area contributed by atoms with E-state index in [0.717, 1.165) is 55.6 Å². The van der Waals surface area contributed by atoms with Crippen molar-refractivity contribution in [2.24, 2.45) is 5.92 Å². The van der Waals surface area contributed by atoms with Gasteiger partial charge >= 0.3 is 6.18 Å². The first kappa shape index (κ1) is 38.3. The summed E-state index contributed by atoms with van der Waals surface area (Å²) in [5.41, 5.74) is 5.66. The van der Waals surface area contributed by atoms with Crippen LogP contribution in [0.5, 0.6) is 5.75 Å². The standard InChI is InChI=1S/C32H45N3O3S.C3H5F3/c1-23(2)25(10-8-16-33-31-20-28(39-6)12-13-32(31)38-5)19-29-24(3)9-7-11-30(29)34-26-14-17-35(18-15-26)21-27(36)22-37-4;1-2-3(4,5)6/h7,9,11-13,19-20,23,26-27,33-34,36H,14-18,21-22H2,1-6H3;2H2,1H3/b25-19-;. The van der Waals surface area contributed by atoms with Crippen molar-refractivity contribution >= 4 is 29.2 Å². The van der Waals surface area contributed by atoms with E-state index in [4.69, 9.17) is 9.47 Å². The molecule has 2 aromatic carbocycles. The number of aryl methyl sites for hydroxylation is 1. The number of thioether (sulfide) groups is 1. The van der Waals surface area contributed by atoms with Crippen LogP contribution in [0.25, 0.3) is 6.08 Å². The summed E-state index contributed by atoms with van der Waals surface area (Å²) in [4.78, 5) is 3.51. The molecule has 1 fully saturated rings. The van der Waals surface area contributed by atoms with Crippen molar-refractivity contribution in [2.75, 3.05) is 63.9 Å². The second-order valence-electron chi connectivity index (χ2n) is 11.3. The van der Waals surface area contributed by atoms with Crippen LogP contribution < -0.4 is 15.4 Å². The van der Waals surface area contributed by atoms with Crippen LogP contribution in [-0.4, -0.2) is 81.6 Å². The van der Waals surface area contributed by atoms with Gasteiger partial charge in [-0.1, -0.05) is 44.7 Å². The molecule has 6 nitrogen and oxygen atoms in total. The van der Waals surface area contributed by atoms with Gasteiger partial charge in [-0.05, 0) is 67.8 Å². The van der Waals surface area contributed by atoms with Gasteiger partial charge in [0.05, 0.1) is 32.1 Å². The number of nitrogens with one attached hydrogen (secondary N) is 2. The van der Waals surface area contributed by atoms with Crippen molar-refractivity contribution in [2.45, 2.75) is 70.2 Å². The molecular weight excluding hydrogens is 599 g/mol. The highest BCUT2D eigenvalue weighted by molar-refractivity contribution is 7.98. The summed E-state index contributed by atoms with van der Waals surface area (Å²) in [5, 5.41) is 17.3. The number of ether oxygens (including phenoxy) is 2. The van der Waals surface area contributed by atoms with E-state index in [0.29, 0.717) is 31.7 Å². The highest BCUT2D eigenvalue weighted by atomic mass is 32.2. The topological polar surface area (TPSA) is 66.0 Å². The normalized spacial score (nSPS) is 15.1. The number of halogens is 3. The van der Waals surface area contributed by atoms with Crippen molar-refractivity contribution in [3.8, 4) is 17.6 Å². The third kappa shape index (κ3) is 14.0. The van der Waals surface area contributed by atoms with Crippen LogP contribution >= 0.6 is 11.8 Å². The number of methoxy groups -OCH3 is 2. The molecule has 0 amide bonds. The van der Waals surface area contributed by atoms with Gasteiger partial charge in [-0.25, -0.2) is 0 Å². The lowest BCUT2D eigenvalue weighted by Gasteiger charge is -2.34. The first-order valence-corrected chi connectivity index (χ1v) is 16.6. The van der Waals surface area contributed by atoms with Gasteiger partial charge in [0.15, 0.2) is 0 Å². The average molecular weight is 650 g/mol. The molecule has 0 aliphatic carbocycles. The molecule has 250 valence electrons. The highest BCUT2D eigenvalue weighted by Crippen LogP contribution is 2.29. The Bertz CT molecular complexity index is 1270. The lowest BCUT2D eigenvalue weighted by atomic mass is 9.96. The molecule has 0 saturated carbocycles. The minimum atomic E-state index is -3.96. The maximum Gasteiger partial charge on any atom is 0.388 e. The Morgan fingerprint density at radius 2 is 1.84 bits per heavy atom. The smallest absolute Gasteiger partial charge is 0.388 e. The molecule has 0 radical (unpaired) electrons. The number of allylic oxidation sites excluding steroid dienone is 1. The predicted octanol–water partition coefficient (Wildman–Crippen LogP) is 7.72. The molecule has 1 heterocycles. The fraction of sp³-hybridized carbons (Fsp3) is 0.543. The number of piperidine rings is 1. The molecule has 1 saturated heterocycles. The molecule has 1 unspecified atom stereocenters. The maximum absolute atomic E-state index is 10.8. The average Bonchev–Trinajstić information content (AvgIpc) is 3.00. The largest absolute Gasteiger partial charge is 0.495 e. The zero-order valence-electron chi connectivity index (χ0n) is 27.7. The SMILES string of the molecule is CCC(F)(F)F.COCC(O)CN1CCC(Nc2cccc(C)c2/C=C(/C#CCNc2cc(SC)ccc2OC)C(C)C)CC1. The Hall–Kier alpha value is -2.84.